The molecular formula is C17H20N2O3. The number of aromatic amines is 1. The molecule has 1 atom stereocenters. The van der Waals surface area contributed by atoms with Gasteiger partial charge in [0.1, 0.15) is 5.56 Å². The number of hydrogen-bond donors (Lipinski definition) is 2. The lowest BCUT2D eigenvalue weighted by atomic mass is 10.0. The topological polar surface area (TPSA) is 73.4 Å². The molecule has 5 heteroatoms. The van der Waals surface area contributed by atoms with Crippen LogP contribution in [0.2, 0.25) is 0 Å². The lowest BCUT2D eigenvalue weighted by Crippen LogP contribution is -2.35. The van der Waals surface area contributed by atoms with Gasteiger partial charge < -0.3 is 15.0 Å². The molecule has 2 rings (SSSR count). The normalized spacial score (nSPS) is 12.0. The second-order valence-corrected chi connectivity index (χ2v) is 5.24. The molecule has 0 aliphatic carbocycles. The van der Waals surface area contributed by atoms with Crippen LogP contribution in [0.5, 0.6) is 0 Å². The van der Waals surface area contributed by atoms with Crippen molar-refractivity contribution in [2.75, 3.05) is 13.7 Å². The van der Waals surface area contributed by atoms with Crippen LogP contribution in [0, 0.1) is 6.92 Å². The predicted molar refractivity (Wildman–Crippen MR) is 84.8 cm³/mol. The van der Waals surface area contributed by atoms with Gasteiger partial charge in [0, 0.05) is 19.3 Å². The second-order valence-electron chi connectivity index (χ2n) is 5.24. The quantitative estimate of drug-likeness (QED) is 0.885. The van der Waals surface area contributed by atoms with Crippen molar-refractivity contribution in [1.29, 1.82) is 0 Å². The molecule has 1 amide bonds. The van der Waals surface area contributed by atoms with Crippen LogP contribution in [0.4, 0.5) is 0 Å². The van der Waals surface area contributed by atoms with Crippen molar-refractivity contribution in [3.8, 4) is 0 Å². The van der Waals surface area contributed by atoms with E-state index < -0.39 is 5.56 Å². The molecule has 0 bridgehead atoms. The monoisotopic (exact) mass is 300 g/mol. The van der Waals surface area contributed by atoms with E-state index in [4.69, 9.17) is 0 Å². The first kappa shape index (κ1) is 16.0. The first-order chi connectivity index (χ1) is 10.5. The highest BCUT2D eigenvalue weighted by atomic mass is 16.3. The van der Waals surface area contributed by atoms with Gasteiger partial charge in [-0.25, -0.2) is 0 Å². The van der Waals surface area contributed by atoms with Crippen molar-refractivity contribution >= 4 is 5.91 Å². The van der Waals surface area contributed by atoms with E-state index in [-0.39, 0.29) is 24.1 Å². The Morgan fingerprint density at radius 3 is 2.50 bits per heavy atom. The summed E-state index contributed by atoms with van der Waals surface area (Å²) in [5.41, 5.74) is 1.34. The summed E-state index contributed by atoms with van der Waals surface area (Å²) in [4.78, 5) is 28.7. The highest BCUT2D eigenvalue weighted by Crippen LogP contribution is 2.23. The van der Waals surface area contributed by atoms with Crippen LogP contribution in [-0.2, 0) is 0 Å². The predicted octanol–water partition coefficient (Wildman–Crippen LogP) is 1.88. The SMILES string of the molecule is Cc1ccc(C(=O)N(C)C(CCO)c2ccccc2)c(=O)[nH]1. The molecule has 0 aliphatic heterocycles. The van der Waals surface area contributed by atoms with Crippen molar-refractivity contribution in [1.82, 2.24) is 9.88 Å². The van der Waals surface area contributed by atoms with E-state index in [0.717, 1.165) is 5.56 Å². The van der Waals surface area contributed by atoms with E-state index in [1.165, 1.54) is 11.0 Å². The van der Waals surface area contributed by atoms with Crippen LogP contribution in [0.15, 0.2) is 47.3 Å². The van der Waals surface area contributed by atoms with E-state index in [9.17, 15) is 14.7 Å². The van der Waals surface area contributed by atoms with E-state index in [2.05, 4.69) is 4.98 Å². The zero-order chi connectivity index (χ0) is 16.1. The fourth-order valence-corrected chi connectivity index (χ4v) is 2.45. The summed E-state index contributed by atoms with van der Waals surface area (Å²) < 4.78 is 0. The Balaban J connectivity index is 2.32. The minimum absolute atomic E-state index is 0.0402. The molecule has 116 valence electrons. The summed E-state index contributed by atoms with van der Waals surface area (Å²) in [7, 11) is 1.65. The smallest absolute Gasteiger partial charge is 0.260 e. The molecule has 0 saturated heterocycles. The van der Waals surface area contributed by atoms with Gasteiger partial charge in [-0.1, -0.05) is 30.3 Å². The number of pyridine rings is 1. The zero-order valence-electron chi connectivity index (χ0n) is 12.7. The summed E-state index contributed by atoms with van der Waals surface area (Å²) in [6, 6.07) is 12.4. The Morgan fingerprint density at radius 2 is 1.91 bits per heavy atom. The van der Waals surface area contributed by atoms with Crippen LogP contribution in [0.3, 0.4) is 0 Å². The number of carbonyl (C=O) groups excluding carboxylic acids is 1. The molecule has 0 radical (unpaired) electrons. The van der Waals surface area contributed by atoms with E-state index in [1.54, 1.807) is 20.0 Å². The molecule has 1 aromatic carbocycles. The molecule has 1 aromatic heterocycles. The average molecular weight is 300 g/mol. The summed E-state index contributed by atoms with van der Waals surface area (Å²) in [6.07, 6.45) is 0.413. The lowest BCUT2D eigenvalue weighted by molar-refractivity contribution is 0.0703. The van der Waals surface area contributed by atoms with Gasteiger partial charge in [0.2, 0.25) is 0 Å². The average Bonchev–Trinajstić information content (AvgIpc) is 2.52. The Morgan fingerprint density at radius 1 is 1.23 bits per heavy atom. The molecular weight excluding hydrogens is 280 g/mol. The number of aryl methyl sites for hydroxylation is 1. The van der Waals surface area contributed by atoms with E-state index >= 15 is 0 Å². The van der Waals surface area contributed by atoms with Gasteiger partial charge in [-0.15, -0.1) is 0 Å². The molecule has 0 saturated carbocycles. The van der Waals surface area contributed by atoms with Gasteiger partial charge >= 0.3 is 0 Å². The molecule has 1 heterocycles. The van der Waals surface area contributed by atoms with Crippen molar-refractivity contribution in [3.05, 3.63) is 69.6 Å². The summed E-state index contributed by atoms with van der Waals surface area (Å²) >= 11 is 0. The van der Waals surface area contributed by atoms with Crippen LogP contribution in [0.25, 0.3) is 0 Å². The van der Waals surface area contributed by atoms with Crippen molar-refractivity contribution < 1.29 is 9.90 Å². The van der Waals surface area contributed by atoms with E-state index in [1.807, 2.05) is 30.3 Å². The lowest BCUT2D eigenvalue weighted by Gasteiger charge is -2.28. The number of carbonyl (C=O) groups is 1. The van der Waals surface area contributed by atoms with Crippen LogP contribution in [0.1, 0.15) is 34.1 Å². The third-order valence-electron chi connectivity index (χ3n) is 3.66. The number of H-pyrrole nitrogens is 1. The fourth-order valence-electron chi connectivity index (χ4n) is 2.45. The minimum Gasteiger partial charge on any atom is -0.396 e. The van der Waals surface area contributed by atoms with Crippen molar-refractivity contribution in [3.63, 3.8) is 0 Å². The standard InChI is InChI=1S/C17H20N2O3/c1-12-8-9-14(16(21)18-12)17(22)19(2)15(10-11-20)13-6-4-3-5-7-13/h3-9,15,20H,10-11H2,1-2H3,(H,18,21). The number of amides is 1. The van der Waals surface area contributed by atoms with Gasteiger partial charge in [0.15, 0.2) is 0 Å². The van der Waals surface area contributed by atoms with Gasteiger partial charge in [0.25, 0.3) is 11.5 Å². The molecule has 2 aromatic rings. The number of rotatable bonds is 5. The number of benzene rings is 1. The summed E-state index contributed by atoms with van der Waals surface area (Å²) in [6.45, 7) is 1.72. The first-order valence-electron chi connectivity index (χ1n) is 7.17. The largest absolute Gasteiger partial charge is 0.396 e. The van der Waals surface area contributed by atoms with Crippen LogP contribution >= 0.6 is 0 Å². The summed E-state index contributed by atoms with van der Waals surface area (Å²) in [5, 5.41) is 9.28. The van der Waals surface area contributed by atoms with Crippen molar-refractivity contribution in [2.24, 2.45) is 0 Å². The van der Waals surface area contributed by atoms with Gasteiger partial charge in [-0.05, 0) is 31.0 Å². The highest BCUT2D eigenvalue weighted by Gasteiger charge is 2.24. The Labute approximate surface area is 129 Å². The number of aromatic nitrogens is 1. The molecule has 22 heavy (non-hydrogen) atoms. The Bertz CT molecular complexity index is 695. The second kappa shape index (κ2) is 7.04. The van der Waals surface area contributed by atoms with Gasteiger partial charge in [0.05, 0.1) is 6.04 Å². The van der Waals surface area contributed by atoms with Crippen molar-refractivity contribution in [2.45, 2.75) is 19.4 Å². The third-order valence-corrected chi connectivity index (χ3v) is 3.66. The maximum absolute atomic E-state index is 12.6. The molecule has 0 aliphatic rings. The fraction of sp³-hybridized carbons (Fsp3) is 0.294. The zero-order valence-corrected chi connectivity index (χ0v) is 12.7. The number of nitrogens with one attached hydrogen (secondary N) is 1. The number of hydrogen-bond acceptors (Lipinski definition) is 3. The highest BCUT2D eigenvalue weighted by molar-refractivity contribution is 5.94. The van der Waals surface area contributed by atoms with Gasteiger partial charge in [-0.3, -0.25) is 9.59 Å². The maximum atomic E-state index is 12.6. The number of aliphatic hydroxyl groups excluding tert-OH is 1. The number of aliphatic hydroxyl groups is 1. The molecule has 2 N–H and O–H groups in total. The molecule has 0 fully saturated rings. The van der Waals surface area contributed by atoms with Crippen LogP contribution in [-0.4, -0.2) is 34.6 Å². The summed E-state index contributed by atoms with van der Waals surface area (Å²) in [5.74, 6) is -0.358. The van der Waals surface area contributed by atoms with E-state index in [0.29, 0.717) is 12.1 Å². The van der Waals surface area contributed by atoms with Gasteiger partial charge in [-0.2, -0.15) is 0 Å². The molecule has 5 nitrogen and oxygen atoms in total. The minimum atomic E-state index is -0.396. The maximum Gasteiger partial charge on any atom is 0.260 e. The third kappa shape index (κ3) is 3.43. The molecule has 0 spiro atoms. The Hall–Kier alpha value is -2.40. The van der Waals surface area contributed by atoms with Crippen LogP contribution < -0.4 is 5.56 Å². The Kier molecular flexibility index (Phi) is 5.12. The molecule has 1 unspecified atom stereocenters. The number of nitrogens with zero attached hydrogens (tertiary/aromatic N) is 1. The first-order valence-corrected chi connectivity index (χ1v) is 7.17.